The first-order valence-electron chi connectivity index (χ1n) is 6.83. The number of unbranched alkanes of at least 4 members (excludes halogenated alkanes) is 6. The van der Waals surface area contributed by atoms with E-state index < -0.39 is 0 Å². The second-order valence-corrected chi connectivity index (χ2v) is 4.71. The van der Waals surface area contributed by atoms with Crippen LogP contribution in [-0.2, 0) is 0 Å². The van der Waals surface area contributed by atoms with Crippen molar-refractivity contribution in [3.8, 4) is 0 Å². The van der Waals surface area contributed by atoms with Gasteiger partial charge in [0.15, 0.2) is 5.11 Å². The number of hydrogen-bond acceptors (Lipinski definition) is 1. The molecule has 16 heavy (non-hydrogen) atoms. The van der Waals surface area contributed by atoms with Gasteiger partial charge in [0.1, 0.15) is 0 Å². The molecule has 0 aliphatic carbocycles. The van der Waals surface area contributed by atoms with Crippen LogP contribution in [-0.4, -0.2) is 18.2 Å². The molecule has 0 amide bonds. The lowest BCUT2D eigenvalue weighted by Crippen LogP contribution is -2.36. The summed E-state index contributed by atoms with van der Waals surface area (Å²) in [5.74, 6) is 0. The van der Waals surface area contributed by atoms with Gasteiger partial charge in [-0.2, -0.15) is 0 Å². The molecule has 0 unspecified atom stereocenters. The molecular formula is C13H28N2S. The molecule has 96 valence electrons. The summed E-state index contributed by atoms with van der Waals surface area (Å²) < 4.78 is 0. The van der Waals surface area contributed by atoms with E-state index in [9.17, 15) is 0 Å². The first-order valence-corrected chi connectivity index (χ1v) is 7.23. The summed E-state index contributed by atoms with van der Waals surface area (Å²) in [7, 11) is 0. The number of hydrogen-bond donors (Lipinski definition) is 2. The van der Waals surface area contributed by atoms with Gasteiger partial charge in [-0.3, -0.25) is 0 Å². The molecule has 0 spiro atoms. The average molecular weight is 244 g/mol. The molecule has 0 aromatic rings. The van der Waals surface area contributed by atoms with Crippen LogP contribution in [0, 0.1) is 0 Å². The Morgan fingerprint density at radius 3 is 1.94 bits per heavy atom. The Labute approximate surface area is 107 Å². The van der Waals surface area contributed by atoms with E-state index in [1.807, 2.05) is 0 Å². The van der Waals surface area contributed by atoms with Crippen LogP contribution >= 0.6 is 12.2 Å². The maximum atomic E-state index is 5.13. The van der Waals surface area contributed by atoms with Crippen molar-refractivity contribution in [3.05, 3.63) is 0 Å². The molecule has 3 heteroatoms. The fourth-order valence-corrected chi connectivity index (χ4v) is 1.79. The molecule has 2 N–H and O–H groups in total. The van der Waals surface area contributed by atoms with Crippen molar-refractivity contribution in [2.75, 3.05) is 13.1 Å². The maximum Gasteiger partial charge on any atom is 0.166 e. The summed E-state index contributed by atoms with van der Waals surface area (Å²) in [5, 5.41) is 7.22. The van der Waals surface area contributed by atoms with E-state index in [1.165, 1.54) is 44.9 Å². The quantitative estimate of drug-likeness (QED) is 0.453. The molecule has 0 aliphatic rings. The second kappa shape index (κ2) is 12.8. The van der Waals surface area contributed by atoms with E-state index in [0.717, 1.165) is 24.6 Å². The molecule has 0 saturated carbocycles. The highest BCUT2D eigenvalue weighted by atomic mass is 32.1. The summed E-state index contributed by atoms with van der Waals surface area (Å²) in [6.07, 6.45) is 10.6. The van der Waals surface area contributed by atoms with Gasteiger partial charge in [-0.1, -0.05) is 52.4 Å². The number of nitrogens with one attached hydrogen (secondary N) is 2. The van der Waals surface area contributed by atoms with Crippen molar-refractivity contribution >= 4 is 17.3 Å². The highest BCUT2D eigenvalue weighted by Crippen LogP contribution is 2.06. The zero-order chi connectivity index (χ0) is 12.1. The summed E-state index contributed by atoms with van der Waals surface area (Å²) in [6, 6.07) is 0. The summed E-state index contributed by atoms with van der Waals surface area (Å²) in [5.41, 5.74) is 0. The average Bonchev–Trinajstić information content (AvgIpc) is 2.30. The first kappa shape index (κ1) is 15.7. The smallest absolute Gasteiger partial charge is 0.166 e. The fourth-order valence-electron chi connectivity index (χ4n) is 1.59. The Kier molecular flexibility index (Phi) is 12.5. The van der Waals surface area contributed by atoms with Gasteiger partial charge in [0, 0.05) is 13.1 Å². The maximum absolute atomic E-state index is 5.13. The predicted octanol–water partition coefficient (Wildman–Crippen LogP) is 3.61. The van der Waals surface area contributed by atoms with Gasteiger partial charge >= 0.3 is 0 Å². The van der Waals surface area contributed by atoms with Crippen molar-refractivity contribution < 1.29 is 0 Å². The van der Waals surface area contributed by atoms with Gasteiger partial charge in [0.05, 0.1) is 0 Å². The van der Waals surface area contributed by atoms with E-state index in [2.05, 4.69) is 24.5 Å². The number of thiocarbonyl (C=S) groups is 1. The Morgan fingerprint density at radius 1 is 0.750 bits per heavy atom. The zero-order valence-corrected chi connectivity index (χ0v) is 11.8. The fraction of sp³-hybridized carbons (Fsp3) is 0.923. The van der Waals surface area contributed by atoms with Crippen molar-refractivity contribution in [3.63, 3.8) is 0 Å². The molecule has 0 aromatic carbocycles. The minimum Gasteiger partial charge on any atom is -0.363 e. The van der Waals surface area contributed by atoms with E-state index >= 15 is 0 Å². The molecule has 0 rings (SSSR count). The lowest BCUT2D eigenvalue weighted by Gasteiger charge is -2.09. The molecule has 0 atom stereocenters. The normalized spacial score (nSPS) is 10.1. The van der Waals surface area contributed by atoms with Gasteiger partial charge in [-0.05, 0) is 25.1 Å². The topological polar surface area (TPSA) is 24.1 Å². The van der Waals surface area contributed by atoms with Crippen LogP contribution in [0.4, 0.5) is 0 Å². The molecule has 0 radical (unpaired) electrons. The highest BCUT2D eigenvalue weighted by Gasteiger charge is 1.93. The highest BCUT2D eigenvalue weighted by molar-refractivity contribution is 7.80. The second-order valence-electron chi connectivity index (χ2n) is 4.30. The van der Waals surface area contributed by atoms with Crippen molar-refractivity contribution in [2.24, 2.45) is 0 Å². The molecule has 0 bridgehead atoms. The third-order valence-electron chi connectivity index (χ3n) is 2.60. The van der Waals surface area contributed by atoms with Crippen LogP contribution in [0.5, 0.6) is 0 Å². The molecule has 2 nitrogen and oxygen atoms in total. The Morgan fingerprint density at radius 2 is 1.31 bits per heavy atom. The third-order valence-corrected chi connectivity index (χ3v) is 2.89. The van der Waals surface area contributed by atoms with Crippen LogP contribution in [0.2, 0.25) is 0 Å². The monoisotopic (exact) mass is 244 g/mol. The lowest BCUT2D eigenvalue weighted by molar-refractivity contribution is 0.584. The Hall–Kier alpha value is -0.310. The summed E-state index contributed by atoms with van der Waals surface area (Å²) >= 11 is 5.13. The van der Waals surface area contributed by atoms with Crippen LogP contribution in [0.3, 0.4) is 0 Å². The SMILES string of the molecule is CCCCCCCCCNC(=S)NCCC. The standard InChI is InChI=1S/C13H28N2S/c1-3-5-6-7-8-9-10-12-15-13(16)14-11-4-2/h3-12H2,1-2H3,(H2,14,15,16). The summed E-state index contributed by atoms with van der Waals surface area (Å²) in [6.45, 7) is 6.40. The predicted molar refractivity (Wildman–Crippen MR) is 76.9 cm³/mol. The molecule has 0 aliphatic heterocycles. The third kappa shape index (κ3) is 11.8. The molecule has 0 fully saturated rings. The van der Waals surface area contributed by atoms with Crippen LogP contribution in [0.15, 0.2) is 0 Å². The Bertz CT molecular complexity index is 160. The summed E-state index contributed by atoms with van der Waals surface area (Å²) in [4.78, 5) is 0. The first-order chi connectivity index (χ1) is 7.81. The van der Waals surface area contributed by atoms with Crippen molar-refractivity contribution in [1.29, 1.82) is 0 Å². The van der Waals surface area contributed by atoms with Crippen LogP contribution in [0.25, 0.3) is 0 Å². The van der Waals surface area contributed by atoms with E-state index in [0.29, 0.717) is 0 Å². The largest absolute Gasteiger partial charge is 0.363 e. The zero-order valence-electron chi connectivity index (χ0n) is 11.0. The van der Waals surface area contributed by atoms with Gasteiger partial charge < -0.3 is 10.6 Å². The van der Waals surface area contributed by atoms with Crippen molar-refractivity contribution in [1.82, 2.24) is 10.6 Å². The molecular weight excluding hydrogens is 216 g/mol. The van der Waals surface area contributed by atoms with Crippen LogP contribution in [0.1, 0.15) is 65.2 Å². The molecule has 0 aromatic heterocycles. The Balaban J connectivity index is 3.05. The van der Waals surface area contributed by atoms with E-state index in [4.69, 9.17) is 12.2 Å². The number of rotatable bonds is 10. The molecule has 0 saturated heterocycles. The van der Waals surface area contributed by atoms with Gasteiger partial charge in [0.25, 0.3) is 0 Å². The van der Waals surface area contributed by atoms with Gasteiger partial charge in [-0.25, -0.2) is 0 Å². The van der Waals surface area contributed by atoms with Crippen LogP contribution < -0.4 is 10.6 Å². The molecule has 0 heterocycles. The minimum atomic E-state index is 0.813. The van der Waals surface area contributed by atoms with Gasteiger partial charge in [-0.15, -0.1) is 0 Å². The van der Waals surface area contributed by atoms with Crippen molar-refractivity contribution in [2.45, 2.75) is 65.2 Å². The lowest BCUT2D eigenvalue weighted by atomic mass is 10.1. The van der Waals surface area contributed by atoms with E-state index in [-0.39, 0.29) is 0 Å². The minimum absolute atomic E-state index is 0.813. The van der Waals surface area contributed by atoms with Gasteiger partial charge in [0.2, 0.25) is 0 Å². The van der Waals surface area contributed by atoms with E-state index in [1.54, 1.807) is 0 Å².